The van der Waals surface area contributed by atoms with Gasteiger partial charge in [-0.25, -0.2) is 0 Å². The lowest BCUT2D eigenvalue weighted by Gasteiger charge is -2.47. The number of piperidine rings is 3. The van der Waals surface area contributed by atoms with Crippen molar-refractivity contribution in [1.29, 1.82) is 0 Å². The van der Waals surface area contributed by atoms with Crippen molar-refractivity contribution in [2.24, 2.45) is 11.8 Å². The van der Waals surface area contributed by atoms with E-state index in [1.165, 1.54) is 17.9 Å². The number of hydrogen-bond acceptors (Lipinski definition) is 2. The second-order valence-electron chi connectivity index (χ2n) is 7.28. The molecule has 0 spiro atoms. The van der Waals surface area contributed by atoms with Gasteiger partial charge >= 0.3 is 0 Å². The monoisotopic (exact) mass is 324 g/mol. The van der Waals surface area contributed by atoms with Crippen molar-refractivity contribution in [3.63, 3.8) is 0 Å². The van der Waals surface area contributed by atoms with Crippen LogP contribution in [0.25, 0.3) is 10.8 Å². The molecular formula is C21H26NO2+. The summed E-state index contributed by atoms with van der Waals surface area (Å²) in [7, 11) is 1.69. The van der Waals surface area contributed by atoms with Gasteiger partial charge in [-0.05, 0) is 34.4 Å². The number of ether oxygens (including phenoxy) is 1. The van der Waals surface area contributed by atoms with E-state index in [1.54, 1.807) is 7.11 Å². The molecule has 126 valence electrons. The Bertz CT molecular complexity index is 757. The summed E-state index contributed by atoms with van der Waals surface area (Å²) in [5.74, 6) is 2.14. The van der Waals surface area contributed by atoms with Gasteiger partial charge in [-0.1, -0.05) is 30.3 Å². The Morgan fingerprint density at radius 3 is 2.92 bits per heavy atom. The SMILES string of the molecule is C=C[C@H]1C[NH+]2CC[C@H]1C[C@@H]2[C@H](O)c1cccc2ccc(OC)cc12. The number of benzene rings is 2. The van der Waals surface area contributed by atoms with Crippen molar-refractivity contribution in [2.75, 3.05) is 20.2 Å². The van der Waals surface area contributed by atoms with E-state index in [1.807, 2.05) is 18.2 Å². The van der Waals surface area contributed by atoms with Crippen LogP contribution in [0.3, 0.4) is 0 Å². The molecular weight excluding hydrogens is 298 g/mol. The Labute approximate surface area is 143 Å². The first kappa shape index (κ1) is 15.7. The molecule has 5 atom stereocenters. The highest BCUT2D eigenvalue weighted by atomic mass is 16.5. The normalized spacial score (nSPS) is 30.2. The smallest absolute Gasteiger partial charge is 0.131 e. The molecule has 3 aliphatic heterocycles. The van der Waals surface area contributed by atoms with E-state index in [2.05, 4.69) is 30.9 Å². The van der Waals surface area contributed by atoms with Gasteiger partial charge in [-0.2, -0.15) is 0 Å². The van der Waals surface area contributed by atoms with Crippen molar-refractivity contribution in [3.05, 3.63) is 54.6 Å². The predicted molar refractivity (Wildman–Crippen MR) is 96.4 cm³/mol. The minimum atomic E-state index is -0.427. The Morgan fingerprint density at radius 2 is 2.21 bits per heavy atom. The molecule has 0 aliphatic carbocycles. The topological polar surface area (TPSA) is 33.9 Å². The second-order valence-corrected chi connectivity index (χ2v) is 7.28. The zero-order valence-corrected chi connectivity index (χ0v) is 14.2. The minimum absolute atomic E-state index is 0.289. The number of methoxy groups -OCH3 is 1. The van der Waals surface area contributed by atoms with Crippen molar-refractivity contribution in [1.82, 2.24) is 0 Å². The van der Waals surface area contributed by atoms with Gasteiger partial charge < -0.3 is 14.7 Å². The summed E-state index contributed by atoms with van der Waals surface area (Å²) in [5, 5.41) is 13.5. The molecule has 2 aromatic rings. The number of rotatable bonds is 4. The highest BCUT2D eigenvalue weighted by Gasteiger charge is 2.45. The standard InChI is InChI=1S/C21H25NO2/c1-3-14-13-22-10-9-16(14)11-20(22)21(23)18-6-4-5-15-7-8-17(24-2)12-19(15)18/h3-8,12,14,16,20-21,23H,1,9-11,13H2,2H3/p+1/t14-,16-,20+,21+/m0/s1. The van der Waals surface area contributed by atoms with Crippen LogP contribution >= 0.6 is 0 Å². The highest BCUT2D eigenvalue weighted by Crippen LogP contribution is 2.35. The van der Waals surface area contributed by atoms with Gasteiger partial charge in [0.05, 0.1) is 20.2 Å². The van der Waals surface area contributed by atoms with Crippen molar-refractivity contribution >= 4 is 10.8 Å². The second kappa shape index (κ2) is 6.23. The molecule has 24 heavy (non-hydrogen) atoms. The fourth-order valence-corrected chi connectivity index (χ4v) is 4.78. The van der Waals surface area contributed by atoms with Gasteiger partial charge in [-0.15, -0.1) is 6.58 Å². The number of hydrogen-bond donors (Lipinski definition) is 2. The molecule has 3 heteroatoms. The molecule has 0 saturated carbocycles. The molecule has 3 fully saturated rings. The summed E-state index contributed by atoms with van der Waals surface area (Å²) < 4.78 is 5.38. The van der Waals surface area contributed by atoms with Gasteiger partial charge in [0, 0.05) is 18.8 Å². The summed E-state index contributed by atoms with van der Waals surface area (Å²) in [6.07, 6.45) is 4.05. The van der Waals surface area contributed by atoms with Crippen LogP contribution in [0.2, 0.25) is 0 Å². The fraction of sp³-hybridized carbons (Fsp3) is 0.429. The molecule has 5 rings (SSSR count). The van der Waals surface area contributed by atoms with Crippen LogP contribution in [0, 0.1) is 11.8 Å². The molecule has 0 aromatic heterocycles. The van der Waals surface area contributed by atoms with E-state index in [4.69, 9.17) is 4.74 Å². The number of aliphatic hydroxyl groups is 1. The number of quaternary nitrogens is 1. The maximum Gasteiger partial charge on any atom is 0.131 e. The lowest BCUT2D eigenvalue weighted by molar-refractivity contribution is -0.949. The van der Waals surface area contributed by atoms with Crippen molar-refractivity contribution < 1.29 is 14.7 Å². The van der Waals surface area contributed by atoms with E-state index in [-0.39, 0.29) is 6.04 Å². The number of nitrogens with one attached hydrogen (secondary N) is 1. The first-order valence-corrected chi connectivity index (χ1v) is 8.93. The predicted octanol–water partition coefficient (Wildman–Crippen LogP) is 2.36. The molecule has 2 N–H and O–H groups in total. The zero-order chi connectivity index (χ0) is 16.7. The van der Waals surface area contributed by atoms with Gasteiger partial charge in [0.1, 0.15) is 17.9 Å². The largest absolute Gasteiger partial charge is 0.497 e. The van der Waals surface area contributed by atoms with Gasteiger partial charge in [-0.3, -0.25) is 0 Å². The average Bonchev–Trinajstić information content (AvgIpc) is 2.66. The quantitative estimate of drug-likeness (QED) is 0.847. The maximum absolute atomic E-state index is 11.2. The molecule has 0 amide bonds. The molecule has 2 aromatic carbocycles. The Hall–Kier alpha value is -1.84. The summed E-state index contributed by atoms with van der Waals surface area (Å²) in [6.45, 7) is 6.29. The average molecular weight is 324 g/mol. The summed E-state index contributed by atoms with van der Waals surface area (Å²) in [6, 6.07) is 12.6. The molecule has 3 saturated heterocycles. The lowest BCUT2D eigenvalue weighted by Crippen LogP contribution is -3.20. The van der Waals surface area contributed by atoms with E-state index in [0.29, 0.717) is 11.8 Å². The van der Waals surface area contributed by atoms with Gasteiger partial charge in [0.2, 0.25) is 0 Å². The first-order chi connectivity index (χ1) is 11.7. The van der Waals surface area contributed by atoms with Crippen LogP contribution < -0.4 is 9.64 Å². The third-order valence-corrected chi connectivity index (χ3v) is 6.15. The third kappa shape index (κ3) is 2.52. The molecule has 1 unspecified atom stereocenters. The summed E-state index contributed by atoms with van der Waals surface area (Å²) in [4.78, 5) is 1.54. The van der Waals surface area contributed by atoms with Crippen molar-refractivity contribution in [2.45, 2.75) is 25.0 Å². The van der Waals surface area contributed by atoms with E-state index >= 15 is 0 Å². The fourth-order valence-electron chi connectivity index (χ4n) is 4.78. The molecule has 3 heterocycles. The lowest BCUT2D eigenvalue weighted by atomic mass is 9.73. The van der Waals surface area contributed by atoms with Crippen LogP contribution in [0.5, 0.6) is 5.75 Å². The van der Waals surface area contributed by atoms with Gasteiger partial charge in [0.25, 0.3) is 0 Å². The van der Waals surface area contributed by atoms with Gasteiger partial charge in [0.15, 0.2) is 0 Å². The zero-order valence-electron chi connectivity index (χ0n) is 14.2. The van der Waals surface area contributed by atoms with E-state index in [9.17, 15) is 5.11 Å². The summed E-state index contributed by atoms with van der Waals surface area (Å²) in [5.41, 5.74) is 1.03. The van der Waals surface area contributed by atoms with Crippen LogP contribution in [0.1, 0.15) is 24.5 Å². The van der Waals surface area contributed by atoms with Crippen LogP contribution in [0.4, 0.5) is 0 Å². The van der Waals surface area contributed by atoms with Crippen LogP contribution in [0.15, 0.2) is 49.1 Å². The summed E-state index contributed by atoms with van der Waals surface area (Å²) >= 11 is 0. The molecule has 3 nitrogen and oxygen atoms in total. The number of fused-ring (bicyclic) bond motifs is 4. The third-order valence-electron chi connectivity index (χ3n) is 6.15. The van der Waals surface area contributed by atoms with Crippen LogP contribution in [-0.2, 0) is 0 Å². The van der Waals surface area contributed by atoms with E-state index in [0.717, 1.165) is 35.1 Å². The molecule has 2 bridgehead atoms. The Kier molecular flexibility index (Phi) is 4.07. The highest BCUT2D eigenvalue weighted by molar-refractivity contribution is 5.87. The Morgan fingerprint density at radius 1 is 1.33 bits per heavy atom. The minimum Gasteiger partial charge on any atom is -0.497 e. The first-order valence-electron chi connectivity index (χ1n) is 8.93. The maximum atomic E-state index is 11.2. The van der Waals surface area contributed by atoms with Crippen LogP contribution in [-0.4, -0.2) is 31.3 Å². The molecule has 0 radical (unpaired) electrons. The number of aliphatic hydroxyl groups excluding tert-OH is 1. The molecule has 3 aliphatic rings. The Balaban J connectivity index is 1.69. The van der Waals surface area contributed by atoms with E-state index < -0.39 is 6.10 Å². The van der Waals surface area contributed by atoms with Crippen molar-refractivity contribution in [3.8, 4) is 5.75 Å².